The standard InChI is InChI=1S/C15H18N2O5S/c18-14(16-7-1-2-12(8-16)15(19)20)10-23-9-11-3-5-13(6-4-11)17(21)22/h3-6,12H,1-2,7-10H2,(H,19,20)/t12-/m1/s1. The SMILES string of the molecule is O=C(O)[C@@H]1CCCN(C(=O)CSCc2ccc([N+](=O)[O-])cc2)C1. The van der Waals surface area contributed by atoms with E-state index in [9.17, 15) is 19.7 Å². The van der Waals surface area contributed by atoms with Gasteiger partial charge in [0.15, 0.2) is 0 Å². The van der Waals surface area contributed by atoms with Crippen molar-refractivity contribution in [3.05, 3.63) is 39.9 Å². The number of carbonyl (C=O) groups is 2. The first kappa shape index (κ1) is 17.3. The molecule has 0 aromatic heterocycles. The summed E-state index contributed by atoms with van der Waals surface area (Å²) in [5, 5.41) is 19.6. The van der Waals surface area contributed by atoms with Gasteiger partial charge in [0.05, 0.1) is 16.6 Å². The molecule has 2 rings (SSSR count). The summed E-state index contributed by atoms with van der Waals surface area (Å²) in [7, 11) is 0. The number of carboxylic acids is 1. The number of nitrogens with zero attached hydrogens (tertiary/aromatic N) is 2. The van der Waals surface area contributed by atoms with E-state index in [-0.39, 0.29) is 23.9 Å². The molecule has 1 aliphatic rings. The minimum absolute atomic E-state index is 0.0443. The summed E-state index contributed by atoms with van der Waals surface area (Å²) >= 11 is 1.42. The molecule has 7 nitrogen and oxygen atoms in total. The number of likely N-dealkylation sites (tertiary alicyclic amines) is 1. The highest BCUT2D eigenvalue weighted by Gasteiger charge is 2.27. The van der Waals surface area contributed by atoms with Gasteiger partial charge in [0.25, 0.3) is 5.69 Å². The molecule has 1 aromatic rings. The van der Waals surface area contributed by atoms with Crippen molar-refractivity contribution >= 4 is 29.3 Å². The number of piperidine rings is 1. The van der Waals surface area contributed by atoms with Crippen LogP contribution in [-0.2, 0) is 15.3 Å². The molecule has 0 aliphatic carbocycles. The van der Waals surface area contributed by atoms with Gasteiger partial charge in [0.1, 0.15) is 0 Å². The maximum absolute atomic E-state index is 12.1. The molecule has 1 heterocycles. The van der Waals surface area contributed by atoms with Crippen LogP contribution in [0.4, 0.5) is 5.69 Å². The fourth-order valence-electron chi connectivity index (χ4n) is 2.47. The minimum Gasteiger partial charge on any atom is -0.481 e. The first-order chi connectivity index (χ1) is 11.0. The van der Waals surface area contributed by atoms with Gasteiger partial charge in [0, 0.05) is 31.0 Å². The molecule has 1 aromatic carbocycles. The quantitative estimate of drug-likeness (QED) is 0.630. The Labute approximate surface area is 137 Å². The van der Waals surface area contributed by atoms with Gasteiger partial charge in [-0.2, -0.15) is 0 Å². The molecule has 8 heteroatoms. The fourth-order valence-corrected chi connectivity index (χ4v) is 3.35. The van der Waals surface area contributed by atoms with Crippen molar-refractivity contribution < 1.29 is 19.6 Å². The number of thioether (sulfide) groups is 1. The highest BCUT2D eigenvalue weighted by atomic mass is 32.2. The van der Waals surface area contributed by atoms with E-state index in [4.69, 9.17) is 5.11 Å². The number of hydrogen-bond acceptors (Lipinski definition) is 5. The maximum Gasteiger partial charge on any atom is 0.308 e. The molecule has 0 spiro atoms. The highest BCUT2D eigenvalue weighted by Crippen LogP contribution is 2.20. The number of rotatable bonds is 6. The molecule has 1 fully saturated rings. The van der Waals surface area contributed by atoms with Gasteiger partial charge < -0.3 is 10.0 Å². The molecule has 1 atom stereocenters. The van der Waals surface area contributed by atoms with E-state index < -0.39 is 16.8 Å². The molecule has 23 heavy (non-hydrogen) atoms. The Kier molecular flexibility index (Phi) is 5.97. The third-order valence-corrected chi connectivity index (χ3v) is 4.75. The number of nitro groups is 1. The predicted octanol–water partition coefficient (Wildman–Crippen LogP) is 2.15. The van der Waals surface area contributed by atoms with Crippen LogP contribution in [0.2, 0.25) is 0 Å². The number of amides is 1. The third kappa shape index (κ3) is 4.95. The van der Waals surface area contributed by atoms with Crippen LogP contribution in [0.25, 0.3) is 0 Å². The molecule has 0 bridgehead atoms. The lowest BCUT2D eigenvalue weighted by Gasteiger charge is -2.30. The van der Waals surface area contributed by atoms with E-state index in [1.54, 1.807) is 17.0 Å². The van der Waals surface area contributed by atoms with Crippen molar-refractivity contribution in [2.75, 3.05) is 18.8 Å². The monoisotopic (exact) mass is 338 g/mol. The van der Waals surface area contributed by atoms with Crippen LogP contribution in [-0.4, -0.2) is 45.6 Å². The summed E-state index contributed by atoms with van der Waals surface area (Å²) in [4.78, 5) is 34.9. The van der Waals surface area contributed by atoms with Gasteiger partial charge in [0.2, 0.25) is 5.91 Å². The first-order valence-electron chi connectivity index (χ1n) is 7.29. The summed E-state index contributed by atoms with van der Waals surface area (Å²) in [5.74, 6) is -0.500. The number of nitro benzene ring substituents is 1. The normalized spacial score (nSPS) is 17.7. The van der Waals surface area contributed by atoms with Gasteiger partial charge in [-0.3, -0.25) is 19.7 Å². The van der Waals surface area contributed by atoms with Crippen molar-refractivity contribution in [3.8, 4) is 0 Å². The van der Waals surface area contributed by atoms with Crippen LogP contribution in [0.15, 0.2) is 24.3 Å². The van der Waals surface area contributed by atoms with Crippen molar-refractivity contribution in [2.45, 2.75) is 18.6 Å². The number of aliphatic carboxylic acids is 1. The third-order valence-electron chi connectivity index (χ3n) is 3.76. The number of benzene rings is 1. The smallest absolute Gasteiger partial charge is 0.308 e. The summed E-state index contributed by atoms with van der Waals surface area (Å²) in [6, 6.07) is 6.24. The highest BCUT2D eigenvalue weighted by molar-refractivity contribution is 7.99. The topological polar surface area (TPSA) is 101 Å². The van der Waals surface area contributed by atoms with Gasteiger partial charge in [-0.15, -0.1) is 11.8 Å². The van der Waals surface area contributed by atoms with Crippen LogP contribution in [0.5, 0.6) is 0 Å². The maximum atomic E-state index is 12.1. The van der Waals surface area contributed by atoms with Crippen molar-refractivity contribution in [1.29, 1.82) is 0 Å². The average molecular weight is 338 g/mol. The Balaban J connectivity index is 1.78. The lowest BCUT2D eigenvalue weighted by atomic mass is 9.98. The van der Waals surface area contributed by atoms with E-state index >= 15 is 0 Å². The first-order valence-corrected chi connectivity index (χ1v) is 8.44. The Morgan fingerprint density at radius 2 is 2.04 bits per heavy atom. The average Bonchev–Trinajstić information content (AvgIpc) is 2.55. The summed E-state index contributed by atoms with van der Waals surface area (Å²) in [6.07, 6.45) is 1.34. The molecule has 1 saturated heterocycles. The second-order valence-corrected chi connectivity index (χ2v) is 6.42. The molecule has 1 N–H and O–H groups in total. The number of carboxylic acid groups (broad SMARTS) is 1. The Hall–Kier alpha value is -2.09. The van der Waals surface area contributed by atoms with E-state index in [1.165, 1.54) is 23.9 Å². The molecule has 1 aliphatic heterocycles. The van der Waals surface area contributed by atoms with Crippen LogP contribution in [0.1, 0.15) is 18.4 Å². The Morgan fingerprint density at radius 1 is 1.35 bits per heavy atom. The van der Waals surface area contributed by atoms with Gasteiger partial charge in [-0.1, -0.05) is 12.1 Å². The molecular weight excluding hydrogens is 320 g/mol. The second kappa shape index (κ2) is 7.96. The summed E-state index contributed by atoms with van der Waals surface area (Å²) in [6.45, 7) is 0.896. The fraction of sp³-hybridized carbons (Fsp3) is 0.467. The number of carbonyl (C=O) groups excluding carboxylic acids is 1. The Morgan fingerprint density at radius 3 is 2.65 bits per heavy atom. The molecule has 0 saturated carbocycles. The van der Waals surface area contributed by atoms with Crippen molar-refractivity contribution in [2.24, 2.45) is 5.92 Å². The van der Waals surface area contributed by atoms with E-state index in [2.05, 4.69) is 0 Å². The zero-order valence-corrected chi connectivity index (χ0v) is 13.3. The minimum atomic E-state index is -0.846. The van der Waals surface area contributed by atoms with Crippen molar-refractivity contribution in [1.82, 2.24) is 4.90 Å². The molecule has 124 valence electrons. The largest absolute Gasteiger partial charge is 0.481 e. The summed E-state index contributed by atoms with van der Waals surface area (Å²) < 4.78 is 0. The second-order valence-electron chi connectivity index (χ2n) is 5.43. The van der Waals surface area contributed by atoms with E-state index in [0.29, 0.717) is 18.7 Å². The van der Waals surface area contributed by atoms with E-state index in [0.717, 1.165) is 12.0 Å². The molecule has 1 amide bonds. The zero-order chi connectivity index (χ0) is 16.8. The van der Waals surface area contributed by atoms with Crippen LogP contribution in [0.3, 0.4) is 0 Å². The van der Waals surface area contributed by atoms with Gasteiger partial charge in [-0.25, -0.2) is 0 Å². The number of non-ortho nitro benzene ring substituents is 1. The van der Waals surface area contributed by atoms with E-state index in [1.807, 2.05) is 0 Å². The van der Waals surface area contributed by atoms with Crippen molar-refractivity contribution in [3.63, 3.8) is 0 Å². The molecule has 0 radical (unpaired) electrons. The zero-order valence-electron chi connectivity index (χ0n) is 12.5. The summed E-state index contributed by atoms with van der Waals surface area (Å²) in [5.41, 5.74) is 0.957. The van der Waals surface area contributed by atoms with Crippen LogP contribution in [0, 0.1) is 16.0 Å². The lowest BCUT2D eigenvalue weighted by Crippen LogP contribution is -2.43. The van der Waals surface area contributed by atoms with Gasteiger partial charge >= 0.3 is 5.97 Å². The van der Waals surface area contributed by atoms with Crippen LogP contribution < -0.4 is 0 Å². The number of hydrogen-bond donors (Lipinski definition) is 1. The predicted molar refractivity (Wildman–Crippen MR) is 86.2 cm³/mol. The molecular formula is C15H18N2O5S. The lowest BCUT2D eigenvalue weighted by molar-refractivity contribution is -0.384. The van der Waals surface area contributed by atoms with Crippen LogP contribution >= 0.6 is 11.8 Å². The Bertz CT molecular complexity index is 590. The van der Waals surface area contributed by atoms with Gasteiger partial charge in [-0.05, 0) is 18.4 Å². The molecule has 0 unspecified atom stereocenters.